The van der Waals surface area contributed by atoms with Gasteiger partial charge in [0, 0.05) is 11.6 Å². The van der Waals surface area contributed by atoms with Crippen LogP contribution < -0.4 is 16.6 Å². The van der Waals surface area contributed by atoms with E-state index in [-0.39, 0.29) is 5.91 Å². The number of carbonyl (C=O) groups is 1. The number of rotatable bonds is 3. The molecule has 0 saturated carbocycles. The van der Waals surface area contributed by atoms with Gasteiger partial charge in [-0.05, 0) is 24.3 Å². The third-order valence-electron chi connectivity index (χ3n) is 3.03. The Balaban J connectivity index is 2.04. The molecule has 0 fully saturated rings. The van der Waals surface area contributed by atoms with Crippen LogP contribution >= 0.6 is 0 Å². The van der Waals surface area contributed by atoms with E-state index in [1.165, 1.54) is 0 Å². The van der Waals surface area contributed by atoms with Gasteiger partial charge in [0.25, 0.3) is 5.91 Å². The average molecular weight is 279 g/mol. The van der Waals surface area contributed by atoms with Gasteiger partial charge >= 0.3 is 0 Å². The first-order chi connectivity index (χ1) is 10.3. The first kappa shape index (κ1) is 13.0. The highest BCUT2D eigenvalue weighted by Gasteiger charge is 2.13. The van der Waals surface area contributed by atoms with Crippen molar-refractivity contribution in [2.45, 2.75) is 0 Å². The number of para-hydroxylation sites is 1. The Bertz CT molecular complexity index is 788. The Hall–Kier alpha value is -2.99. The minimum atomic E-state index is -0.238. The van der Waals surface area contributed by atoms with Crippen LogP contribution in [0.25, 0.3) is 10.9 Å². The number of fused-ring (bicyclic) bond motifs is 1. The van der Waals surface area contributed by atoms with Crippen LogP contribution in [0.2, 0.25) is 0 Å². The first-order valence-corrected chi connectivity index (χ1v) is 6.36. The highest BCUT2D eigenvalue weighted by Crippen LogP contribution is 2.21. The Labute approximate surface area is 121 Å². The number of pyridine rings is 2. The highest BCUT2D eigenvalue weighted by molar-refractivity contribution is 6.12. The summed E-state index contributed by atoms with van der Waals surface area (Å²) in [5.41, 5.74) is 4.30. The summed E-state index contributed by atoms with van der Waals surface area (Å²) in [5.74, 6) is 5.61. The number of hydrazine groups is 1. The molecular weight excluding hydrogens is 266 g/mol. The van der Waals surface area contributed by atoms with Gasteiger partial charge in [0.15, 0.2) is 0 Å². The van der Waals surface area contributed by atoms with Gasteiger partial charge < -0.3 is 10.7 Å². The summed E-state index contributed by atoms with van der Waals surface area (Å²) in [5, 5.41) is 3.57. The van der Waals surface area contributed by atoms with E-state index in [2.05, 4.69) is 20.7 Å². The molecule has 104 valence electrons. The van der Waals surface area contributed by atoms with Crippen molar-refractivity contribution >= 4 is 28.3 Å². The second-order valence-electron chi connectivity index (χ2n) is 4.41. The Kier molecular flexibility index (Phi) is 3.44. The van der Waals surface area contributed by atoms with Gasteiger partial charge in [-0.25, -0.2) is 10.8 Å². The van der Waals surface area contributed by atoms with E-state index in [9.17, 15) is 4.79 Å². The minimum absolute atomic E-state index is 0.238. The van der Waals surface area contributed by atoms with Gasteiger partial charge in [0.1, 0.15) is 5.82 Å². The molecule has 0 aliphatic carbocycles. The van der Waals surface area contributed by atoms with Crippen molar-refractivity contribution in [3.63, 3.8) is 0 Å². The van der Waals surface area contributed by atoms with Crippen LogP contribution in [0.4, 0.5) is 11.5 Å². The lowest BCUT2D eigenvalue weighted by atomic mass is 10.1. The molecule has 0 atom stereocenters. The lowest BCUT2D eigenvalue weighted by molar-refractivity contribution is 0.102. The van der Waals surface area contributed by atoms with Crippen LogP contribution in [0.15, 0.2) is 54.9 Å². The Morgan fingerprint density at radius 3 is 2.76 bits per heavy atom. The van der Waals surface area contributed by atoms with E-state index in [0.717, 1.165) is 5.39 Å². The van der Waals surface area contributed by atoms with Crippen molar-refractivity contribution in [2.24, 2.45) is 5.84 Å². The second-order valence-corrected chi connectivity index (χ2v) is 4.41. The maximum Gasteiger partial charge on any atom is 0.256 e. The molecule has 1 aromatic carbocycles. The largest absolute Gasteiger partial charge is 0.321 e. The number of carbonyl (C=O) groups excluding carboxylic acids is 1. The maximum atomic E-state index is 12.5. The number of anilines is 2. The predicted octanol–water partition coefficient (Wildman–Crippen LogP) is 2.17. The lowest BCUT2D eigenvalue weighted by Crippen LogP contribution is -2.15. The normalized spacial score (nSPS) is 10.3. The molecule has 6 nitrogen and oxygen atoms in total. The number of benzene rings is 1. The fourth-order valence-corrected chi connectivity index (χ4v) is 2.07. The zero-order valence-electron chi connectivity index (χ0n) is 11.1. The summed E-state index contributed by atoms with van der Waals surface area (Å²) < 4.78 is 0. The van der Waals surface area contributed by atoms with Crippen LogP contribution in [-0.4, -0.2) is 15.9 Å². The smallest absolute Gasteiger partial charge is 0.256 e. The van der Waals surface area contributed by atoms with Crippen molar-refractivity contribution in [1.29, 1.82) is 0 Å². The van der Waals surface area contributed by atoms with Crippen LogP contribution in [-0.2, 0) is 0 Å². The molecule has 0 aliphatic heterocycles. The topological polar surface area (TPSA) is 92.9 Å². The standard InChI is InChI=1S/C15H13N5O/c16-20-14-8-12(11-5-1-2-6-13(11)19-14)15(21)18-10-4-3-7-17-9-10/h1-9H,16H2,(H,18,21)(H,19,20). The SMILES string of the molecule is NNc1cc(C(=O)Nc2cccnc2)c2ccccc2n1. The molecular formula is C15H13N5O. The van der Waals surface area contributed by atoms with Crippen LogP contribution in [0, 0.1) is 0 Å². The van der Waals surface area contributed by atoms with Gasteiger partial charge in [-0.2, -0.15) is 0 Å². The van der Waals surface area contributed by atoms with Crippen LogP contribution in [0.3, 0.4) is 0 Å². The fraction of sp³-hybridized carbons (Fsp3) is 0. The van der Waals surface area contributed by atoms with Gasteiger partial charge in [-0.3, -0.25) is 9.78 Å². The summed E-state index contributed by atoms with van der Waals surface area (Å²) >= 11 is 0. The molecule has 0 aliphatic rings. The van der Waals surface area contributed by atoms with Gasteiger partial charge in [0.2, 0.25) is 0 Å². The summed E-state index contributed by atoms with van der Waals surface area (Å²) in [7, 11) is 0. The molecule has 1 amide bonds. The van der Waals surface area contributed by atoms with Crippen molar-refractivity contribution in [3.05, 3.63) is 60.4 Å². The number of nitrogen functional groups attached to an aromatic ring is 1. The van der Waals surface area contributed by atoms with Crippen molar-refractivity contribution in [3.8, 4) is 0 Å². The molecule has 2 heterocycles. The van der Waals surface area contributed by atoms with E-state index < -0.39 is 0 Å². The van der Waals surface area contributed by atoms with Crippen molar-refractivity contribution in [1.82, 2.24) is 9.97 Å². The monoisotopic (exact) mass is 279 g/mol. The summed E-state index contributed by atoms with van der Waals surface area (Å²) in [4.78, 5) is 20.7. The van der Waals surface area contributed by atoms with E-state index in [4.69, 9.17) is 5.84 Å². The van der Waals surface area contributed by atoms with E-state index in [1.807, 2.05) is 24.3 Å². The summed E-state index contributed by atoms with van der Waals surface area (Å²) in [6, 6.07) is 12.5. The number of amides is 1. The number of hydrogen-bond acceptors (Lipinski definition) is 5. The molecule has 0 bridgehead atoms. The number of nitrogens with two attached hydrogens (primary N) is 1. The van der Waals surface area contributed by atoms with E-state index in [0.29, 0.717) is 22.6 Å². The van der Waals surface area contributed by atoms with Crippen molar-refractivity contribution in [2.75, 3.05) is 10.7 Å². The minimum Gasteiger partial charge on any atom is -0.321 e. The lowest BCUT2D eigenvalue weighted by Gasteiger charge is -2.09. The fourth-order valence-electron chi connectivity index (χ4n) is 2.07. The zero-order chi connectivity index (χ0) is 14.7. The maximum absolute atomic E-state index is 12.5. The van der Waals surface area contributed by atoms with Crippen LogP contribution in [0.1, 0.15) is 10.4 Å². The summed E-state index contributed by atoms with van der Waals surface area (Å²) in [6.07, 6.45) is 3.23. The molecule has 0 radical (unpaired) electrons. The quantitative estimate of drug-likeness (QED) is 0.504. The number of nitrogens with zero attached hydrogens (tertiary/aromatic N) is 2. The molecule has 3 rings (SSSR count). The number of aromatic nitrogens is 2. The third kappa shape index (κ3) is 2.65. The van der Waals surface area contributed by atoms with Gasteiger partial charge in [0.05, 0.1) is 23.0 Å². The molecule has 0 unspecified atom stereocenters. The second kappa shape index (κ2) is 5.56. The Morgan fingerprint density at radius 1 is 1.14 bits per heavy atom. The van der Waals surface area contributed by atoms with Gasteiger partial charge in [-0.1, -0.05) is 18.2 Å². The Morgan fingerprint density at radius 2 is 2.00 bits per heavy atom. The third-order valence-corrected chi connectivity index (χ3v) is 3.03. The predicted molar refractivity (Wildman–Crippen MR) is 81.7 cm³/mol. The number of nitrogens with one attached hydrogen (secondary N) is 2. The average Bonchev–Trinajstić information content (AvgIpc) is 2.54. The molecule has 0 saturated heterocycles. The molecule has 0 spiro atoms. The summed E-state index contributed by atoms with van der Waals surface area (Å²) in [6.45, 7) is 0. The highest BCUT2D eigenvalue weighted by atomic mass is 16.1. The first-order valence-electron chi connectivity index (χ1n) is 6.36. The molecule has 2 aromatic heterocycles. The molecule has 21 heavy (non-hydrogen) atoms. The zero-order valence-corrected chi connectivity index (χ0v) is 11.1. The van der Waals surface area contributed by atoms with E-state index >= 15 is 0 Å². The van der Waals surface area contributed by atoms with Gasteiger partial charge in [-0.15, -0.1) is 0 Å². The molecule has 6 heteroatoms. The number of hydrogen-bond donors (Lipinski definition) is 3. The van der Waals surface area contributed by atoms with Crippen LogP contribution in [0.5, 0.6) is 0 Å². The van der Waals surface area contributed by atoms with Crippen molar-refractivity contribution < 1.29 is 4.79 Å². The molecule has 4 N–H and O–H groups in total. The van der Waals surface area contributed by atoms with E-state index in [1.54, 1.807) is 30.6 Å². The molecule has 3 aromatic rings.